The minimum atomic E-state index is 0.0911. The van der Waals surface area contributed by atoms with Gasteiger partial charge in [-0.1, -0.05) is 0 Å². The van der Waals surface area contributed by atoms with Crippen LogP contribution in [0.25, 0.3) is 10.9 Å². The van der Waals surface area contributed by atoms with Gasteiger partial charge in [-0.05, 0) is 43.7 Å². The minimum absolute atomic E-state index is 0.0911. The Kier molecular flexibility index (Phi) is 2.04. The second kappa shape index (κ2) is 3.22. The number of hydrogen-bond acceptors (Lipinski definition) is 2. The molecule has 0 aliphatic heterocycles. The number of fused-ring (bicyclic) bond motifs is 1. The monoisotopic (exact) mass is 185 g/mol. The van der Waals surface area contributed by atoms with Gasteiger partial charge in [0.2, 0.25) is 0 Å². The van der Waals surface area contributed by atoms with Gasteiger partial charge in [-0.3, -0.25) is 9.78 Å². The molecule has 0 aliphatic rings. The Hall–Kier alpha value is -1.70. The Morgan fingerprint density at radius 2 is 2.07 bits per heavy atom. The molecule has 2 heteroatoms. The molecule has 2 aromatic rings. The summed E-state index contributed by atoms with van der Waals surface area (Å²) in [6.07, 6.45) is 1.83. The molecule has 0 saturated heterocycles. The van der Waals surface area contributed by atoms with E-state index in [0.29, 0.717) is 0 Å². The van der Waals surface area contributed by atoms with Crippen LogP contribution in [0.3, 0.4) is 0 Å². The highest BCUT2D eigenvalue weighted by atomic mass is 16.1. The van der Waals surface area contributed by atoms with Crippen molar-refractivity contribution in [3.63, 3.8) is 0 Å². The summed E-state index contributed by atoms with van der Waals surface area (Å²) in [7, 11) is 0. The number of benzene rings is 1. The molecule has 0 fully saturated rings. The van der Waals surface area contributed by atoms with E-state index < -0.39 is 0 Å². The normalized spacial score (nSPS) is 10.4. The highest BCUT2D eigenvalue weighted by molar-refractivity contribution is 5.97. The third-order valence-electron chi connectivity index (χ3n) is 2.22. The van der Waals surface area contributed by atoms with Crippen molar-refractivity contribution in [1.29, 1.82) is 0 Å². The van der Waals surface area contributed by atoms with Gasteiger partial charge >= 0.3 is 0 Å². The van der Waals surface area contributed by atoms with Crippen LogP contribution in [0.5, 0.6) is 0 Å². The van der Waals surface area contributed by atoms with Crippen LogP contribution < -0.4 is 0 Å². The fraction of sp³-hybridized carbons (Fsp3) is 0.167. The van der Waals surface area contributed by atoms with Gasteiger partial charge in [-0.2, -0.15) is 0 Å². The van der Waals surface area contributed by atoms with Crippen molar-refractivity contribution in [2.24, 2.45) is 0 Å². The second-order valence-electron chi connectivity index (χ2n) is 3.48. The van der Waals surface area contributed by atoms with Crippen molar-refractivity contribution in [2.45, 2.75) is 13.8 Å². The zero-order chi connectivity index (χ0) is 10.1. The molecule has 0 aliphatic carbocycles. The average molecular weight is 185 g/mol. The lowest BCUT2D eigenvalue weighted by Crippen LogP contribution is -1.91. The van der Waals surface area contributed by atoms with Gasteiger partial charge in [-0.15, -0.1) is 0 Å². The molecular weight excluding hydrogens is 174 g/mol. The first-order chi connectivity index (χ1) is 6.66. The van der Waals surface area contributed by atoms with E-state index in [0.717, 1.165) is 22.0 Å². The number of hydrogen-bond donors (Lipinski definition) is 0. The standard InChI is InChI=1S/C12H11NO/c1-8-5-11-6-10(9(2)14)3-4-12(11)13-7-8/h3-7H,1-2H3. The molecule has 70 valence electrons. The maximum absolute atomic E-state index is 11.2. The van der Waals surface area contributed by atoms with Crippen molar-refractivity contribution >= 4 is 16.7 Å². The Morgan fingerprint density at radius 3 is 2.79 bits per heavy atom. The number of pyridine rings is 1. The van der Waals surface area contributed by atoms with Crippen molar-refractivity contribution in [1.82, 2.24) is 4.98 Å². The zero-order valence-corrected chi connectivity index (χ0v) is 8.24. The number of rotatable bonds is 1. The van der Waals surface area contributed by atoms with Crippen LogP contribution in [-0.4, -0.2) is 10.8 Å². The van der Waals surface area contributed by atoms with Crippen LogP contribution in [-0.2, 0) is 0 Å². The molecule has 14 heavy (non-hydrogen) atoms. The highest BCUT2D eigenvalue weighted by Gasteiger charge is 2.01. The summed E-state index contributed by atoms with van der Waals surface area (Å²) in [5.74, 6) is 0.0911. The number of aryl methyl sites for hydroxylation is 1. The summed E-state index contributed by atoms with van der Waals surface area (Å²) in [5.41, 5.74) is 2.78. The van der Waals surface area contributed by atoms with E-state index in [1.54, 1.807) is 6.92 Å². The number of carbonyl (C=O) groups excluding carboxylic acids is 1. The van der Waals surface area contributed by atoms with E-state index >= 15 is 0 Å². The van der Waals surface area contributed by atoms with Crippen LogP contribution in [0.4, 0.5) is 0 Å². The van der Waals surface area contributed by atoms with Crippen molar-refractivity contribution in [2.75, 3.05) is 0 Å². The van der Waals surface area contributed by atoms with E-state index in [1.807, 2.05) is 37.4 Å². The summed E-state index contributed by atoms with van der Waals surface area (Å²) in [6, 6.07) is 7.62. The van der Waals surface area contributed by atoms with Crippen LogP contribution in [0.1, 0.15) is 22.8 Å². The number of nitrogens with zero attached hydrogens (tertiary/aromatic N) is 1. The van der Waals surface area contributed by atoms with Gasteiger partial charge in [-0.25, -0.2) is 0 Å². The predicted octanol–water partition coefficient (Wildman–Crippen LogP) is 2.75. The molecule has 0 atom stereocenters. The quantitative estimate of drug-likeness (QED) is 0.639. The van der Waals surface area contributed by atoms with Gasteiger partial charge in [0.05, 0.1) is 5.52 Å². The Morgan fingerprint density at radius 1 is 1.29 bits per heavy atom. The molecule has 0 saturated carbocycles. The summed E-state index contributed by atoms with van der Waals surface area (Å²) in [5, 5.41) is 1.03. The Balaban J connectivity index is 2.69. The van der Waals surface area contributed by atoms with E-state index in [1.165, 1.54) is 0 Å². The van der Waals surface area contributed by atoms with Gasteiger partial charge < -0.3 is 0 Å². The molecule has 0 amide bonds. The van der Waals surface area contributed by atoms with Gasteiger partial charge in [0, 0.05) is 17.1 Å². The smallest absolute Gasteiger partial charge is 0.159 e. The molecule has 0 unspecified atom stereocenters. The molecular formula is C12H11NO. The molecule has 1 aromatic carbocycles. The second-order valence-corrected chi connectivity index (χ2v) is 3.48. The lowest BCUT2D eigenvalue weighted by molar-refractivity contribution is 0.101. The summed E-state index contributed by atoms with van der Waals surface area (Å²) < 4.78 is 0. The van der Waals surface area contributed by atoms with Crippen molar-refractivity contribution in [3.8, 4) is 0 Å². The number of carbonyl (C=O) groups is 1. The number of ketones is 1. The van der Waals surface area contributed by atoms with E-state index in [2.05, 4.69) is 4.98 Å². The van der Waals surface area contributed by atoms with Crippen molar-refractivity contribution < 1.29 is 4.79 Å². The maximum Gasteiger partial charge on any atom is 0.159 e. The molecule has 0 radical (unpaired) electrons. The van der Waals surface area contributed by atoms with Gasteiger partial charge in [0.15, 0.2) is 5.78 Å². The van der Waals surface area contributed by atoms with Crippen LogP contribution in [0, 0.1) is 6.92 Å². The van der Waals surface area contributed by atoms with Crippen LogP contribution in [0.2, 0.25) is 0 Å². The predicted molar refractivity (Wildman–Crippen MR) is 56.5 cm³/mol. The molecule has 1 aromatic heterocycles. The molecule has 0 N–H and O–H groups in total. The highest BCUT2D eigenvalue weighted by Crippen LogP contribution is 2.15. The summed E-state index contributed by atoms with van der Waals surface area (Å²) in [6.45, 7) is 3.57. The van der Waals surface area contributed by atoms with E-state index in [-0.39, 0.29) is 5.78 Å². The zero-order valence-electron chi connectivity index (χ0n) is 8.24. The maximum atomic E-state index is 11.2. The SMILES string of the molecule is CC(=O)c1ccc2ncc(C)cc2c1. The number of aromatic nitrogens is 1. The molecule has 0 spiro atoms. The Labute approximate surface area is 82.6 Å². The lowest BCUT2D eigenvalue weighted by atomic mass is 10.1. The first-order valence-corrected chi connectivity index (χ1v) is 4.54. The molecule has 1 heterocycles. The first kappa shape index (κ1) is 8.88. The molecule has 0 bridgehead atoms. The summed E-state index contributed by atoms with van der Waals surface area (Å²) >= 11 is 0. The Bertz CT molecular complexity index is 503. The van der Waals surface area contributed by atoms with E-state index in [4.69, 9.17) is 0 Å². The van der Waals surface area contributed by atoms with Crippen LogP contribution in [0.15, 0.2) is 30.5 Å². The largest absolute Gasteiger partial charge is 0.295 e. The van der Waals surface area contributed by atoms with E-state index in [9.17, 15) is 4.79 Å². The van der Waals surface area contributed by atoms with Crippen LogP contribution >= 0.6 is 0 Å². The van der Waals surface area contributed by atoms with Crippen molar-refractivity contribution in [3.05, 3.63) is 41.6 Å². The lowest BCUT2D eigenvalue weighted by Gasteiger charge is -2.00. The first-order valence-electron chi connectivity index (χ1n) is 4.54. The fourth-order valence-electron chi connectivity index (χ4n) is 1.46. The summed E-state index contributed by atoms with van der Waals surface area (Å²) in [4.78, 5) is 15.4. The topological polar surface area (TPSA) is 30.0 Å². The van der Waals surface area contributed by atoms with Gasteiger partial charge in [0.25, 0.3) is 0 Å². The van der Waals surface area contributed by atoms with Gasteiger partial charge in [0.1, 0.15) is 0 Å². The molecule has 2 rings (SSSR count). The third kappa shape index (κ3) is 1.51. The third-order valence-corrected chi connectivity index (χ3v) is 2.22. The number of Topliss-reactive ketones (excluding diaryl/α,β-unsaturated/α-hetero) is 1. The molecule has 2 nitrogen and oxygen atoms in total. The average Bonchev–Trinajstić information content (AvgIpc) is 2.16. The fourth-order valence-corrected chi connectivity index (χ4v) is 1.46. The minimum Gasteiger partial charge on any atom is -0.295 e.